The van der Waals surface area contributed by atoms with E-state index in [9.17, 15) is 4.79 Å². The highest BCUT2D eigenvalue weighted by Crippen LogP contribution is 2.16. The lowest BCUT2D eigenvalue weighted by Crippen LogP contribution is -2.39. The van der Waals surface area contributed by atoms with E-state index in [-0.39, 0.29) is 5.91 Å². The molecule has 1 aromatic rings. The van der Waals surface area contributed by atoms with Crippen molar-refractivity contribution in [3.63, 3.8) is 0 Å². The van der Waals surface area contributed by atoms with Crippen LogP contribution in [-0.4, -0.2) is 36.5 Å². The monoisotopic (exact) mass is 288 g/mol. The van der Waals surface area contributed by atoms with Crippen molar-refractivity contribution in [3.05, 3.63) is 34.9 Å². The Kier molecular flexibility index (Phi) is 5.80. The molecule has 1 amide bonds. The Morgan fingerprint density at radius 2 is 2.14 bits per heavy atom. The number of amides is 1. The molecule has 1 aromatic carbocycles. The smallest absolute Gasteiger partial charge is 0.251 e. The van der Waals surface area contributed by atoms with E-state index in [0.29, 0.717) is 6.04 Å². The minimum atomic E-state index is 0.0582. The summed E-state index contributed by atoms with van der Waals surface area (Å²) in [7, 11) is 0. The maximum atomic E-state index is 12.2. The van der Waals surface area contributed by atoms with E-state index in [1.165, 1.54) is 31.4 Å². The second kappa shape index (κ2) is 7.60. The van der Waals surface area contributed by atoms with E-state index in [4.69, 9.17) is 0 Å². The molecule has 0 radical (unpaired) electrons. The number of benzene rings is 1. The Hall–Kier alpha value is -1.35. The molecule has 1 saturated heterocycles. The van der Waals surface area contributed by atoms with Crippen molar-refractivity contribution in [3.8, 4) is 0 Å². The minimum Gasteiger partial charge on any atom is -0.352 e. The molecule has 1 atom stereocenters. The van der Waals surface area contributed by atoms with Gasteiger partial charge in [-0.3, -0.25) is 4.79 Å². The molecule has 1 aliphatic heterocycles. The number of nitrogens with one attached hydrogen (secondary N) is 1. The van der Waals surface area contributed by atoms with Crippen molar-refractivity contribution in [2.45, 2.75) is 52.5 Å². The van der Waals surface area contributed by atoms with Crippen LogP contribution in [0.25, 0.3) is 0 Å². The van der Waals surface area contributed by atoms with Gasteiger partial charge >= 0.3 is 0 Å². The standard InChI is InChI=1S/C18H28N2O/c1-14-8-6-10-17(16(14)3)18(21)19-11-7-13-20-12-5-4-9-15(20)2/h6,8,10,15H,4-5,7,9,11-13H2,1-3H3,(H,19,21). The van der Waals surface area contributed by atoms with Crippen molar-refractivity contribution in [2.75, 3.05) is 19.6 Å². The number of hydrogen-bond donors (Lipinski definition) is 1. The van der Waals surface area contributed by atoms with Crippen molar-refractivity contribution in [1.82, 2.24) is 10.2 Å². The molecule has 3 heteroatoms. The zero-order valence-corrected chi connectivity index (χ0v) is 13.6. The van der Waals surface area contributed by atoms with Gasteiger partial charge in [-0.1, -0.05) is 18.6 Å². The van der Waals surface area contributed by atoms with Gasteiger partial charge in [-0.15, -0.1) is 0 Å². The summed E-state index contributed by atoms with van der Waals surface area (Å²) in [5.41, 5.74) is 3.06. The lowest BCUT2D eigenvalue weighted by molar-refractivity contribution is 0.0948. The number of piperidine rings is 1. The summed E-state index contributed by atoms with van der Waals surface area (Å²) in [4.78, 5) is 14.8. The van der Waals surface area contributed by atoms with Gasteiger partial charge in [0, 0.05) is 24.7 Å². The lowest BCUT2D eigenvalue weighted by atomic mass is 10.0. The first-order valence-corrected chi connectivity index (χ1v) is 8.18. The fourth-order valence-corrected chi connectivity index (χ4v) is 3.07. The fourth-order valence-electron chi connectivity index (χ4n) is 3.07. The second-order valence-corrected chi connectivity index (χ2v) is 6.24. The number of rotatable bonds is 5. The Balaban J connectivity index is 1.75. The first-order chi connectivity index (χ1) is 10.1. The highest BCUT2D eigenvalue weighted by molar-refractivity contribution is 5.95. The molecular weight excluding hydrogens is 260 g/mol. The summed E-state index contributed by atoms with van der Waals surface area (Å²) in [5, 5.41) is 3.06. The molecule has 0 aliphatic carbocycles. The molecular formula is C18H28N2O. The molecule has 21 heavy (non-hydrogen) atoms. The van der Waals surface area contributed by atoms with Gasteiger partial charge in [-0.2, -0.15) is 0 Å². The predicted molar refractivity (Wildman–Crippen MR) is 87.8 cm³/mol. The van der Waals surface area contributed by atoms with Gasteiger partial charge in [-0.05, 0) is 63.8 Å². The summed E-state index contributed by atoms with van der Waals surface area (Å²) in [6.07, 6.45) is 5.02. The van der Waals surface area contributed by atoms with Crippen LogP contribution in [0.4, 0.5) is 0 Å². The van der Waals surface area contributed by atoms with Gasteiger partial charge < -0.3 is 10.2 Å². The highest BCUT2D eigenvalue weighted by Gasteiger charge is 2.17. The van der Waals surface area contributed by atoms with Gasteiger partial charge in [-0.25, -0.2) is 0 Å². The lowest BCUT2D eigenvalue weighted by Gasteiger charge is -2.33. The summed E-state index contributed by atoms with van der Waals surface area (Å²) in [6.45, 7) is 9.44. The van der Waals surface area contributed by atoms with E-state index in [2.05, 4.69) is 17.1 Å². The highest BCUT2D eigenvalue weighted by atomic mass is 16.1. The van der Waals surface area contributed by atoms with E-state index in [0.717, 1.165) is 30.6 Å². The first kappa shape index (κ1) is 16.0. The SMILES string of the molecule is Cc1cccc(C(=O)NCCCN2CCCCC2C)c1C. The molecule has 1 heterocycles. The van der Waals surface area contributed by atoms with Crippen LogP contribution in [0.2, 0.25) is 0 Å². The molecule has 2 rings (SSSR count). The van der Waals surface area contributed by atoms with Gasteiger partial charge in [0.25, 0.3) is 5.91 Å². The van der Waals surface area contributed by atoms with Crippen molar-refractivity contribution >= 4 is 5.91 Å². The van der Waals surface area contributed by atoms with E-state index in [1.807, 2.05) is 32.0 Å². The van der Waals surface area contributed by atoms with E-state index < -0.39 is 0 Å². The van der Waals surface area contributed by atoms with Crippen LogP contribution in [0.3, 0.4) is 0 Å². The van der Waals surface area contributed by atoms with Crippen LogP contribution in [-0.2, 0) is 0 Å². The zero-order chi connectivity index (χ0) is 15.2. The molecule has 1 aliphatic rings. The number of carbonyl (C=O) groups is 1. The van der Waals surface area contributed by atoms with Crippen molar-refractivity contribution < 1.29 is 4.79 Å². The summed E-state index contributed by atoms with van der Waals surface area (Å²) in [6, 6.07) is 6.61. The molecule has 0 aromatic heterocycles. The van der Waals surface area contributed by atoms with Gasteiger partial charge in [0.05, 0.1) is 0 Å². The average molecular weight is 288 g/mol. The van der Waals surface area contributed by atoms with E-state index >= 15 is 0 Å². The third-order valence-electron chi connectivity index (χ3n) is 4.70. The number of aryl methyl sites for hydroxylation is 1. The number of hydrogen-bond acceptors (Lipinski definition) is 2. The molecule has 0 saturated carbocycles. The van der Waals surface area contributed by atoms with Gasteiger partial charge in [0.1, 0.15) is 0 Å². The zero-order valence-electron chi connectivity index (χ0n) is 13.6. The Bertz CT molecular complexity index is 484. The van der Waals surface area contributed by atoms with Crippen LogP contribution < -0.4 is 5.32 Å². The molecule has 0 bridgehead atoms. The summed E-state index contributed by atoms with van der Waals surface area (Å²) < 4.78 is 0. The topological polar surface area (TPSA) is 32.3 Å². The summed E-state index contributed by atoms with van der Waals surface area (Å²) in [5.74, 6) is 0.0582. The normalized spacial score (nSPS) is 19.5. The predicted octanol–water partition coefficient (Wildman–Crippen LogP) is 3.30. The second-order valence-electron chi connectivity index (χ2n) is 6.24. The summed E-state index contributed by atoms with van der Waals surface area (Å²) >= 11 is 0. The number of likely N-dealkylation sites (tertiary alicyclic amines) is 1. The Labute approximate surface area is 128 Å². The van der Waals surface area contributed by atoms with Crippen LogP contribution >= 0.6 is 0 Å². The maximum absolute atomic E-state index is 12.2. The van der Waals surface area contributed by atoms with Gasteiger partial charge in [0.15, 0.2) is 0 Å². The molecule has 3 nitrogen and oxygen atoms in total. The van der Waals surface area contributed by atoms with Crippen LogP contribution in [0, 0.1) is 13.8 Å². The van der Waals surface area contributed by atoms with Crippen molar-refractivity contribution in [1.29, 1.82) is 0 Å². The van der Waals surface area contributed by atoms with E-state index in [1.54, 1.807) is 0 Å². The first-order valence-electron chi connectivity index (χ1n) is 8.18. The minimum absolute atomic E-state index is 0.0582. The van der Waals surface area contributed by atoms with Gasteiger partial charge in [0.2, 0.25) is 0 Å². The molecule has 1 unspecified atom stereocenters. The average Bonchev–Trinajstić information content (AvgIpc) is 2.48. The largest absolute Gasteiger partial charge is 0.352 e. The Morgan fingerprint density at radius 1 is 1.33 bits per heavy atom. The molecule has 1 fully saturated rings. The van der Waals surface area contributed by atoms with Crippen molar-refractivity contribution in [2.24, 2.45) is 0 Å². The quantitative estimate of drug-likeness (QED) is 0.843. The molecule has 1 N–H and O–H groups in total. The fraction of sp³-hybridized carbons (Fsp3) is 0.611. The number of carbonyl (C=O) groups excluding carboxylic acids is 1. The van der Waals surface area contributed by atoms with Crippen LogP contribution in [0.1, 0.15) is 54.1 Å². The number of nitrogens with zero attached hydrogens (tertiary/aromatic N) is 1. The van der Waals surface area contributed by atoms with Crippen LogP contribution in [0.5, 0.6) is 0 Å². The van der Waals surface area contributed by atoms with Crippen LogP contribution in [0.15, 0.2) is 18.2 Å². The molecule has 116 valence electrons. The third kappa shape index (κ3) is 4.31. The third-order valence-corrected chi connectivity index (χ3v) is 4.70. The molecule has 0 spiro atoms. The maximum Gasteiger partial charge on any atom is 0.251 e. The Morgan fingerprint density at radius 3 is 2.90 bits per heavy atom.